The van der Waals surface area contributed by atoms with Crippen LogP contribution in [0.15, 0.2) is 54.6 Å². The highest BCUT2D eigenvalue weighted by atomic mass is 32.1. The Morgan fingerprint density at radius 3 is 2.38 bits per heavy atom. The van der Waals surface area contributed by atoms with Crippen molar-refractivity contribution < 1.29 is 19.8 Å². The van der Waals surface area contributed by atoms with Gasteiger partial charge in [-0.15, -0.1) is 10.2 Å². The molecule has 178 valence electrons. The van der Waals surface area contributed by atoms with Gasteiger partial charge in [-0.05, 0) is 67.2 Å². The van der Waals surface area contributed by atoms with E-state index in [-0.39, 0.29) is 18.2 Å². The van der Waals surface area contributed by atoms with Crippen LogP contribution in [0.3, 0.4) is 0 Å². The first-order chi connectivity index (χ1) is 16.5. The molecular formula is C26H29N3O4S. The van der Waals surface area contributed by atoms with Crippen LogP contribution >= 0.6 is 11.3 Å². The number of aliphatic hydroxyl groups excluding tert-OH is 1. The molecule has 3 aromatic rings. The second-order valence-electron chi connectivity index (χ2n) is 8.86. The van der Waals surface area contributed by atoms with Crippen LogP contribution in [0.5, 0.6) is 0 Å². The number of aryl methyl sites for hydroxylation is 1. The lowest BCUT2D eigenvalue weighted by Gasteiger charge is -2.28. The van der Waals surface area contributed by atoms with Crippen LogP contribution in [0.25, 0.3) is 0 Å². The van der Waals surface area contributed by atoms with E-state index in [1.807, 2.05) is 54.6 Å². The van der Waals surface area contributed by atoms with Crippen LogP contribution in [0.4, 0.5) is 5.13 Å². The molecule has 1 amide bonds. The minimum atomic E-state index is -0.717. The third-order valence-electron chi connectivity index (χ3n) is 6.46. The second kappa shape index (κ2) is 11.4. The zero-order valence-corrected chi connectivity index (χ0v) is 19.7. The van der Waals surface area contributed by atoms with Gasteiger partial charge in [0.1, 0.15) is 5.01 Å². The number of anilines is 1. The van der Waals surface area contributed by atoms with Crippen LogP contribution in [0, 0.1) is 5.92 Å². The summed E-state index contributed by atoms with van der Waals surface area (Å²) < 4.78 is 0. The van der Waals surface area contributed by atoms with Gasteiger partial charge in [0.25, 0.3) is 5.91 Å². The lowest BCUT2D eigenvalue weighted by atomic mass is 9.77. The van der Waals surface area contributed by atoms with E-state index >= 15 is 0 Å². The van der Waals surface area contributed by atoms with Crippen LogP contribution in [-0.4, -0.2) is 32.3 Å². The predicted molar refractivity (Wildman–Crippen MR) is 131 cm³/mol. The molecule has 0 radical (unpaired) electrons. The van der Waals surface area contributed by atoms with Gasteiger partial charge in [0, 0.05) is 18.4 Å². The molecule has 2 aromatic carbocycles. The number of carbonyl (C=O) groups excluding carboxylic acids is 1. The van der Waals surface area contributed by atoms with Gasteiger partial charge in [0.05, 0.1) is 6.10 Å². The summed E-state index contributed by atoms with van der Waals surface area (Å²) in [6.07, 6.45) is 4.63. The van der Waals surface area contributed by atoms with Gasteiger partial charge in [-0.3, -0.25) is 14.9 Å². The van der Waals surface area contributed by atoms with Crippen molar-refractivity contribution in [2.45, 2.75) is 57.0 Å². The monoisotopic (exact) mass is 479 g/mol. The van der Waals surface area contributed by atoms with Gasteiger partial charge >= 0.3 is 5.97 Å². The Labute approximate surface area is 202 Å². The highest BCUT2D eigenvalue weighted by Gasteiger charge is 2.24. The summed E-state index contributed by atoms with van der Waals surface area (Å²) in [7, 11) is 0. The number of rotatable bonds is 9. The van der Waals surface area contributed by atoms with E-state index in [4.69, 9.17) is 5.11 Å². The number of carbonyl (C=O) groups is 2. The van der Waals surface area contributed by atoms with Gasteiger partial charge in [-0.1, -0.05) is 53.8 Å². The predicted octanol–water partition coefficient (Wildman–Crippen LogP) is 5.21. The van der Waals surface area contributed by atoms with Crippen LogP contribution in [0.1, 0.15) is 77.0 Å². The van der Waals surface area contributed by atoms with Crippen molar-refractivity contribution in [2.75, 3.05) is 5.32 Å². The molecule has 0 saturated heterocycles. The van der Waals surface area contributed by atoms with Crippen LogP contribution in [-0.2, 0) is 11.2 Å². The average molecular weight is 480 g/mol. The van der Waals surface area contributed by atoms with Gasteiger partial charge in [0.15, 0.2) is 0 Å². The largest absolute Gasteiger partial charge is 0.481 e. The van der Waals surface area contributed by atoms with E-state index < -0.39 is 12.1 Å². The SMILES string of the molecule is O=C(O)CC1CCC(c2ccc(C(=O)Nc3nnc(CCC(O)c4ccccc4)s3)cc2)CC1. The normalized spacial score (nSPS) is 18.9. The Balaban J connectivity index is 1.26. The fourth-order valence-corrected chi connectivity index (χ4v) is 5.28. The number of carboxylic acid groups (broad SMARTS) is 1. The fraction of sp³-hybridized carbons (Fsp3) is 0.385. The van der Waals surface area contributed by atoms with Crippen molar-refractivity contribution in [2.24, 2.45) is 5.92 Å². The second-order valence-corrected chi connectivity index (χ2v) is 9.92. The third kappa shape index (κ3) is 6.48. The van der Waals surface area contributed by atoms with E-state index in [1.54, 1.807) is 0 Å². The Hall–Kier alpha value is -3.10. The van der Waals surface area contributed by atoms with E-state index in [0.29, 0.717) is 29.5 Å². The Morgan fingerprint density at radius 2 is 1.71 bits per heavy atom. The summed E-state index contributed by atoms with van der Waals surface area (Å²) in [4.78, 5) is 23.6. The average Bonchev–Trinajstić information content (AvgIpc) is 3.30. The topological polar surface area (TPSA) is 112 Å². The molecule has 1 heterocycles. The summed E-state index contributed by atoms with van der Waals surface area (Å²) in [5.74, 6) is -0.258. The van der Waals surface area contributed by atoms with Crippen molar-refractivity contribution in [1.82, 2.24) is 10.2 Å². The van der Waals surface area contributed by atoms with Gasteiger partial charge in [-0.2, -0.15) is 0 Å². The maximum Gasteiger partial charge on any atom is 0.303 e. The van der Waals surface area contributed by atoms with Crippen molar-refractivity contribution in [1.29, 1.82) is 0 Å². The first kappa shape index (κ1) is 24.0. The lowest BCUT2D eigenvalue weighted by Crippen LogP contribution is -2.16. The lowest BCUT2D eigenvalue weighted by molar-refractivity contribution is -0.138. The van der Waals surface area contributed by atoms with E-state index in [0.717, 1.165) is 36.3 Å². The summed E-state index contributed by atoms with van der Waals surface area (Å²) in [5.41, 5.74) is 2.62. The van der Waals surface area contributed by atoms with E-state index in [2.05, 4.69) is 15.5 Å². The smallest absolute Gasteiger partial charge is 0.303 e. The Kier molecular flexibility index (Phi) is 8.03. The van der Waals surface area contributed by atoms with Gasteiger partial charge in [-0.25, -0.2) is 0 Å². The first-order valence-electron chi connectivity index (χ1n) is 11.7. The molecule has 1 aliphatic rings. The fourth-order valence-electron chi connectivity index (χ4n) is 4.53. The number of hydrogen-bond donors (Lipinski definition) is 3. The maximum absolute atomic E-state index is 12.6. The number of nitrogens with one attached hydrogen (secondary N) is 1. The molecular weight excluding hydrogens is 450 g/mol. The number of carboxylic acids is 1. The number of hydrogen-bond acceptors (Lipinski definition) is 6. The molecule has 1 unspecified atom stereocenters. The molecule has 0 bridgehead atoms. The quantitative estimate of drug-likeness (QED) is 0.389. The first-order valence-corrected chi connectivity index (χ1v) is 12.5. The van der Waals surface area contributed by atoms with E-state index in [1.165, 1.54) is 16.9 Å². The molecule has 0 spiro atoms. The highest BCUT2D eigenvalue weighted by Crippen LogP contribution is 2.37. The number of benzene rings is 2. The van der Waals surface area contributed by atoms with Crippen molar-refractivity contribution >= 4 is 28.3 Å². The number of aliphatic hydroxyl groups is 1. The standard InChI is InChI=1S/C26H29N3O4S/c30-22(20-4-2-1-3-5-20)14-15-23-28-29-26(34-23)27-25(33)21-12-10-19(11-13-21)18-8-6-17(7-9-18)16-24(31)32/h1-5,10-13,17-18,22,30H,6-9,14-16H2,(H,31,32)(H,27,29,33). The molecule has 0 aliphatic heterocycles. The van der Waals surface area contributed by atoms with Crippen LogP contribution < -0.4 is 5.32 Å². The number of nitrogens with zero attached hydrogens (tertiary/aromatic N) is 2. The van der Waals surface area contributed by atoms with Crippen molar-refractivity contribution in [3.63, 3.8) is 0 Å². The van der Waals surface area contributed by atoms with Crippen molar-refractivity contribution in [3.05, 3.63) is 76.3 Å². The minimum Gasteiger partial charge on any atom is -0.481 e. The molecule has 8 heteroatoms. The molecule has 4 rings (SSSR count). The summed E-state index contributed by atoms with van der Waals surface area (Å²) in [6, 6.07) is 17.1. The molecule has 34 heavy (non-hydrogen) atoms. The minimum absolute atomic E-state index is 0.233. The highest BCUT2D eigenvalue weighted by molar-refractivity contribution is 7.15. The molecule has 1 fully saturated rings. The molecule has 7 nitrogen and oxygen atoms in total. The van der Waals surface area contributed by atoms with Crippen molar-refractivity contribution in [3.8, 4) is 0 Å². The molecule has 3 N–H and O–H groups in total. The maximum atomic E-state index is 12.6. The summed E-state index contributed by atoms with van der Waals surface area (Å²) in [5, 5.41) is 31.5. The molecule has 1 saturated carbocycles. The zero-order chi connectivity index (χ0) is 23.9. The Bertz CT molecular complexity index is 1090. The molecule has 1 aliphatic carbocycles. The molecule has 1 aromatic heterocycles. The third-order valence-corrected chi connectivity index (χ3v) is 7.36. The zero-order valence-electron chi connectivity index (χ0n) is 18.9. The van der Waals surface area contributed by atoms with E-state index in [9.17, 15) is 14.7 Å². The van der Waals surface area contributed by atoms with Gasteiger partial charge in [0.2, 0.25) is 5.13 Å². The number of aliphatic carboxylic acids is 1. The Morgan fingerprint density at radius 1 is 1.00 bits per heavy atom. The van der Waals surface area contributed by atoms with Crippen LogP contribution in [0.2, 0.25) is 0 Å². The van der Waals surface area contributed by atoms with Gasteiger partial charge < -0.3 is 10.2 Å². The summed E-state index contributed by atoms with van der Waals surface area (Å²) >= 11 is 1.32. The number of aromatic nitrogens is 2. The molecule has 1 atom stereocenters. The number of amides is 1. The summed E-state index contributed by atoms with van der Waals surface area (Å²) in [6.45, 7) is 0.